The Morgan fingerprint density at radius 1 is 1.31 bits per heavy atom. The van der Waals surface area contributed by atoms with Crippen molar-refractivity contribution in [3.05, 3.63) is 65.0 Å². The minimum atomic E-state index is -0.147. The number of likely N-dealkylation sites (N-methyl/N-ethyl adjacent to an activating group) is 1. The average Bonchev–Trinajstić information content (AvgIpc) is 3.16. The van der Waals surface area contributed by atoms with Gasteiger partial charge in [-0.25, -0.2) is 5.43 Å². The SMILES string of the molecule is C#COCC(C)(C)CC1c2cc(/C(=C/C)N=C(C)CC3(SC)CCCCNN3)ccc2N(CC)C1c1cccnc1C(C)OC. The van der Waals surface area contributed by atoms with Crippen molar-refractivity contribution >= 4 is 28.9 Å². The molecule has 0 saturated carbocycles. The number of ether oxygens (including phenoxy) is 2. The standard InChI is InChI=1S/C37H53N5O2S/c1-10-32(40-26(4)23-37(45-9)19-13-14-21-39-41-37)28-17-18-33-30(22-28)31(24-36(6,7)25-44-12-3)35(42(33)11-2)29-16-15-20-38-34(29)27(5)43-8/h3,10,15-18,20,22,27,31,35,39,41H,11,13-14,19,21,23-25H2,1-2,4-9H3/b32-10-,40-26?. The Hall–Kier alpha value is -2.83. The molecule has 3 heterocycles. The third kappa shape index (κ3) is 8.13. The molecule has 2 N–H and O–H groups in total. The Morgan fingerprint density at radius 3 is 2.80 bits per heavy atom. The molecule has 0 aliphatic carbocycles. The summed E-state index contributed by atoms with van der Waals surface area (Å²) in [6.07, 6.45) is 19.3. The molecule has 45 heavy (non-hydrogen) atoms. The second-order valence-corrected chi connectivity index (χ2v) is 14.3. The fraction of sp³-hybridized carbons (Fsp3) is 0.568. The summed E-state index contributed by atoms with van der Waals surface area (Å²) in [5.41, 5.74) is 14.9. The smallest absolute Gasteiger partial charge is 0.106 e. The first kappa shape index (κ1) is 35.0. The van der Waals surface area contributed by atoms with Gasteiger partial charge in [-0.15, -0.1) is 11.8 Å². The van der Waals surface area contributed by atoms with Crippen molar-refractivity contribution in [3.63, 3.8) is 0 Å². The van der Waals surface area contributed by atoms with Gasteiger partial charge in [-0.3, -0.25) is 15.4 Å². The number of terminal acetylenes is 1. The molecule has 0 amide bonds. The fourth-order valence-electron chi connectivity index (χ4n) is 7.03. The lowest BCUT2D eigenvalue weighted by Gasteiger charge is -2.35. The Bertz CT molecular complexity index is 1390. The molecule has 244 valence electrons. The van der Waals surface area contributed by atoms with Gasteiger partial charge in [-0.05, 0) is 89.0 Å². The minimum absolute atomic E-state index is 0.0480. The van der Waals surface area contributed by atoms with E-state index in [1.54, 1.807) is 7.11 Å². The summed E-state index contributed by atoms with van der Waals surface area (Å²) in [5, 5.41) is 0. The zero-order chi connectivity index (χ0) is 32.6. The van der Waals surface area contributed by atoms with E-state index in [0.717, 1.165) is 55.0 Å². The van der Waals surface area contributed by atoms with E-state index >= 15 is 0 Å². The topological polar surface area (TPSA) is 71.0 Å². The average molecular weight is 632 g/mol. The lowest BCUT2D eigenvalue weighted by molar-refractivity contribution is 0.113. The first-order chi connectivity index (χ1) is 21.6. The fourth-order valence-corrected chi connectivity index (χ4v) is 7.90. The summed E-state index contributed by atoms with van der Waals surface area (Å²) < 4.78 is 11.3. The monoisotopic (exact) mass is 631 g/mol. The molecular weight excluding hydrogens is 579 g/mol. The number of hydrazine groups is 1. The van der Waals surface area contributed by atoms with Crippen LogP contribution < -0.4 is 15.8 Å². The molecule has 8 heteroatoms. The van der Waals surface area contributed by atoms with Crippen molar-refractivity contribution in [1.29, 1.82) is 0 Å². The highest BCUT2D eigenvalue weighted by Crippen LogP contribution is 2.54. The van der Waals surface area contributed by atoms with E-state index in [-0.39, 0.29) is 28.3 Å². The van der Waals surface area contributed by atoms with Gasteiger partial charge in [0.05, 0.1) is 28.4 Å². The number of aromatic nitrogens is 1. The number of hydrogen-bond donors (Lipinski definition) is 2. The van der Waals surface area contributed by atoms with E-state index in [2.05, 4.69) is 100.0 Å². The largest absolute Gasteiger partial charge is 0.446 e. The zero-order valence-corrected chi connectivity index (χ0v) is 29.4. The molecule has 0 radical (unpaired) electrons. The molecule has 2 aliphatic heterocycles. The van der Waals surface area contributed by atoms with Crippen LogP contribution in [0.3, 0.4) is 0 Å². The Morgan fingerprint density at radius 2 is 2.11 bits per heavy atom. The van der Waals surface area contributed by atoms with Crippen molar-refractivity contribution in [1.82, 2.24) is 15.8 Å². The molecule has 7 nitrogen and oxygen atoms in total. The van der Waals surface area contributed by atoms with E-state index in [4.69, 9.17) is 25.9 Å². The second-order valence-electron chi connectivity index (χ2n) is 13.1. The van der Waals surface area contributed by atoms with Gasteiger partial charge in [0.15, 0.2) is 0 Å². The van der Waals surface area contributed by atoms with Crippen LogP contribution in [-0.4, -0.2) is 48.6 Å². The number of allylic oxidation sites excluding steroid dienone is 1. The van der Waals surface area contributed by atoms with Crippen molar-refractivity contribution in [2.75, 3.05) is 38.0 Å². The molecule has 2 aliphatic rings. The number of methoxy groups -OCH3 is 1. The third-order valence-corrected chi connectivity index (χ3v) is 10.5. The van der Waals surface area contributed by atoms with Gasteiger partial charge in [-0.2, -0.15) is 0 Å². The van der Waals surface area contributed by atoms with Crippen LogP contribution in [0.15, 0.2) is 47.6 Å². The number of fused-ring (bicyclic) bond motifs is 1. The van der Waals surface area contributed by atoms with Gasteiger partial charge >= 0.3 is 0 Å². The van der Waals surface area contributed by atoms with Crippen LogP contribution in [-0.2, 0) is 9.47 Å². The molecule has 4 unspecified atom stereocenters. The second kappa shape index (κ2) is 15.6. The third-order valence-electron chi connectivity index (χ3n) is 9.30. The number of pyridine rings is 1. The van der Waals surface area contributed by atoms with Crippen LogP contribution in [0.2, 0.25) is 0 Å². The number of anilines is 1. The summed E-state index contributed by atoms with van der Waals surface area (Å²) in [4.78, 5) is 12.5. The summed E-state index contributed by atoms with van der Waals surface area (Å²) >= 11 is 1.88. The highest BCUT2D eigenvalue weighted by atomic mass is 32.2. The predicted octanol–water partition coefficient (Wildman–Crippen LogP) is 8.03. The van der Waals surface area contributed by atoms with Crippen LogP contribution in [0.5, 0.6) is 0 Å². The Balaban J connectivity index is 1.77. The van der Waals surface area contributed by atoms with Crippen LogP contribution >= 0.6 is 11.8 Å². The van der Waals surface area contributed by atoms with Crippen LogP contribution in [0.25, 0.3) is 5.70 Å². The first-order valence-corrected chi connectivity index (χ1v) is 17.6. The number of thioether (sulfide) groups is 1. The molecule has 1 fully saturated rings. The summed E-state index contributed by atoms with van der Waals surface area (Å²) in [5.74, 6) is 0.187. The van der Waals surface area contributed by atoms with Crippen LogP contribution in [0.1, 0.15) is 114 Å². The Kier molecular flexibility index (Phi) is 12.2. The van der Waals surface area contributed by atoms with Crippen molar-refractivity contribution in [2.45, 2.75) is 96.6 Å². The molecule has 1 aromatic heterocycles. The molecule has 0 spiro atoms. The normalized spacial score (nSPS) is 23.3. The van der Waals surface area contributed by atoms with E-state index in [1.165, 1.54) is 29.7 Å². The van der Waals surface area contributed by atoms with Gasteiger partial charge in [0.2, 0.25) is 0 Å². The maximum Gasteiger partial charge on any atom is 0.106 e. The quantitative estimate of drug-likeness (QED) is 0.171. The van der Waals surface area contributed by atoms with Gasteiger partial charge < -0.3 is 14.4 Å². The minimum Gasteiger partial charge on any atom is -0.446 e. The number of nitrogens with one attached hydrogen (secondary N) is 2. The number of hydrogen-bond acceptors (Lipinski definition) is 8. The number of nitrogens with zero attached hydrogens (tertiary/aromatic N) is 3. The van der Waals surface area contributed by atoms with E-state index < -0.39 is 0 Å². The molecule has 0 bridgehead atoms. The van der Waals surface area contributed by atoms with Crippen LogP contribution in [0, 0.1) is 17.9 Å². The van der Waals surface area contributed by atoms with Crippen molar-refractivity contribution in [2.24, 2.45) is 10.4 Å². The number of rotatable bonds is 13. The highest BCUT2D eigenvalue weighted by Gasteiger charge is 2.43. The van der Waals surface area contributed by atoms with E-state index in [1.807, 2.05) is 24.0 Å². The van der Waals surface area contributed by atoms with Crippen LogP contribution in [0.4, 0.5) is 5.69 Å². The molecule has 1 saturated heterocycles. The first-order valence-electron chi connectivity index (χ1n) is 16.3. The number of benzene rings is 1. The van der Waals surface area contributed by atoms with Crippen molar-refractivity contribution in [3.8, 4) is 12.5 Å². The van der Waals surface area contributed by atoms with Gasteiger partial charge in [0, 0.05) is 61.1 Å². The van der Waals surface area contributed by atoms with Gasteiger partial charge in [0.1, 0.15) is 12.7 Å². The van der Waals surface area contributed by atoms with Gasteiger partial charge in [0.25, 0.3) is 0 Å². The maximum absolute atomic E-state index is 5.80. The molecule has 2 aromatic rings. The predicted molar refractivity (Wildman–Crippen MR) is 190 cm³/mol. The van der Waals surface area contributed by atoms with E-state index in [0.29, 0.717) is 6.61 Å². The highest BCUT2D eigenvalue weighted by molar-refractivity contribution is 7.99. The van der Waals surface area contributed by atoms with Crippen molar-refractivity contribution < 1.29 is 9.47 Å². The Labute approximate surface area is 276 Å². The maximum atomic E-state index is 5.80. The lowest BCUT2D eigenvalue weighted by Crippen LogP contribution is -2.49. The molecule has 4 atom stereocenters. The summed E-state index contributed by atoms with van der Waals surface area (Å²) in [7, 11) is 1.75. The zero-order valence-electron chi connectivity index (χ0n) is 28.6. The molecular formula is C37H53N5O2S. The molecule has 1 aromatic carbocycles. The molecule has 4 rings (SSSR count). The lowest BCUT2D eigenvalue weighted by atomic mass is 9.76. The van der Waals surface area contributed by atoms with E-state index in [9.17, 15) is 0 Å². The number of aliphatic imine (C=N–C) groups is 1. The summed E-state index contributed by atoms with van der Waals surface area (Å²) in [6, 6.07) is 11.3. The van der Waals surface area contributed by atoms with Gasteiger partial charge in [-0.1, -0.05) is 38.5 Å². The summed E-state index contributed by atoms with van der Waals surface area (Å²) in [6.45, 7) is 15.4.